The maximum absolute atomic E-state index is 12.8. The summed E-state index contributed by atoms with van der Waals surface area (Å²) in [5.74, 6) is 0.329. The van der Waals surface area contributed by atoms with E-state index >= 15 is 0 Å². The normalized spacial score (nSPS) is 12.4. The molecule has 0 aliphatic heterocycles. The molecular weight excluding hydrogens is 374 g/mol. The zero-order valence-electron chi connectivity index (χ0n) is 16.8. The third kappa shape index (κ3) is 6.68. The Bertz CT molecular complexity index is 848. The highest BCUT2D eigenvalue weighted by Gasteiger charge is 2.19. The molecule has 0 unspecified atom stereocenters. The zero-order valence-corrected chi connectivity index (χ0v) is 17.6. The highest BCUT2D eigenvalue weighted by molar-refractivity contribution is 7.87. The van der Waals surface area contributed by atoms with Crippen LogP contribution in [0.4, 0.5) is 0 Å². The summed E-state index contributed by atoms with van der Waals surface area (Å²) in [6, 6.07) is 17.0. The van der Waals surface area contributed by atoms with Crippen LogP contribution in [0.25, 0.3) is 0 Å². The predicted molar refractivity (Wildman–Crippen MR) is 112 cm³/mol. The first-order valence-corrected chi connectivity index (χ1v) is 11.3. The second-order valence-electron chi connectivity index (χ2n) is 6.84. The number of hydrogen-bond donors (Lipinski definition) is 0. The molecule has 0 heterocycles. The highest BCUT2D eigenvalue weighted by Crippen LogP contribution is 2.18. The Morgan fingerprint density at radius 1 is 1.00 bits per heavy atom. The van der Waals surface area contributed by atoms with Gasteiger partial charge in [0, 0.05) is 19.0 Å². The van der Waals surface area contributed by atoms with E-state index in [0.29, 0.717) is 19.4 Å². The average molecular weight is 404 g/mol. The third-order valence-corrected chi connectivity index (χ3v) is 5.92. The summed E-state index contributed by atoms with van der Waals surface area (Å²) in [7, 11) is -3.54. The highest BCUT2D eigenvalue weighted by atomic mass is 32.2. The first kappa shape index (κ1) is 22.0. The van der Waals surface area contributed by atoms with Crippen molar-refractivity contribution in [1.82, 2.24) is 4.90 Å². The maximum Gasteiger partial charge on any atom is 0.308 e. The van der Waals surface area contributed by atoms with Crippen molar-refractivity contribution in [3.8, 4) is 5.75 Å². The van der Waals surface area contributed by atoms with Gasteiger partial charge in [-0.3, -0.25) is 4.79 Å². The van der Waals surface area contributed by atoms with Crippen molar-refractivity contribution in [2.75, 3.05) is 5.75 Å². The van der Waals surface area contributed by atoms with Crippen molar-refractivity contribution in [2.24, 2.45) is 0 Å². The van der Waals surface area contributed by atoms with Crippen LogP contribution in [0.1, 0.15) is 44.7 Å². The van der Waals surface area contributed by atoms with E-state index in [1.54, 1.807) is 24.3 Å². The fourth-order valence-corrected chi connectivity index (χ4v) is 3.32. The van der Waals surface area contributed by atoms with Gasteiger partial charge in [-0.15, -0.1) is 0 Å². The number of carbonyl (C=O) groups is 1. The Kier molecular flexibility index (Phi) is 8.05. The van der Waals surface area contributed by atoms with Gasteiger partial charge in [0.05, 0.1) is 5.75 Å². The van der Waals surface area contributed by atoms with Gasteiger partial charge in [0.15, 0.2) is 0 Å². The maximum atomic E-state index is 12.8. The molecule has 0 aromatic heterocycles. The summed E-state index contributed by atoms with van der Waals surface area (Å²) >= 11 is 0. The van der Waals surface area contributed by atoms with E-state index in [4.69, 9.17) is 4.18 Å². The summed E-state index contributed by atoms with van der Waals surface area (Å²) in [5, 5.41) is 0. The van der Waals surface area contributed by atoms with Gasteiger partial charge in [0.2, 0.25) is 5.91 Å². The van der Waals surface area contributed by atoms with E-state index in [1.165, 1.54) is 6.92 Å². The van der Waals surface area contributed by atoms with Crippen molar-refractivity contribution in [3.05, 3.63) is 65.7 Å². The largest absolute Gasteiger partial charge is 0.382 e. The fraction of sp³-hybridized carbons (Fsp3) is 0.409. The van der Waals surface area contributed by atoms with Crippen molar-refractivity contribution in [1.29, 1.82) is 0 Å². The molecule has 152 valence electrons. The van der Waals surface area contributed by atoms with Crippen LogP contribution in [0.3, 0.4) is 0 Å². The number of carbonyl (C=O) groups excluding carboxylic acids is 1. The van der Waals surface area contributed by atoms with Crippen molar-refractivity contribution >= 4 is 16.0 Å². The molecule has 2 aromatic rings. The standard InChI is InChI=1S/C22H29NO4S/c1-4-18(3)23(22(24)16-13-19-9-7-6-8-10-19)17-20-11-14-21(15-12-20)27-28(25,26)5-2/h6-12,14-15,18H,4-5,13,16-17H2,1-3H3/t18-/m1/s1. The molecule has 0 fully saturated rings. The SMILES string of the molecule is CC[C@@H](C)N(Cc1ccc(OS(=O)(=O)CC)cc1)C(=O)CCc1ccccc1. The number of amides is 1. The minimum Gasteiger partial charge on any atom is -0.382 e. The molecule has 0 bridgehead atoms. The summed E-state index contributed by atoms with van der Waals surface area (Å²) < 4.78 is 28.1. The average Bonchev–Trinajstić information content (AvgIpc) is 2.71. The first-order valence-electron chi connectivity index (χ1n) is 9.69. The molecule has 0 N–H and O–H groups in total. The summed E-state index contributed by atoms with van der Waals surface area (Å²) in [6.07, 6.45) is 2.05. The molecule has 1 amide bonds. The van der Waals surface area contributed by atoms with E-state index in [1.807, 2.05) is 42.2 Å². The van der Waals surface area contributed by atoms with Gasteiger partial charge >= 0.3 is 10.1 Å². The first-order chi connectivity index (χ1) is 13.3. The number of hydrogen-bond acceptors (Lipinski definition) is 4. The fourth-order valence-electron chi connectivity index (χ4n) is 2.80. The lowest BCUT2D eigenvalue weighted by Gasteiger charge is -2.29. The van der Waals surface area contributed by atoms with Crippen LogP contribution in [-0.4, -0.2) is 31.0 Å². The second kappa shape index (κ2) is 10.3. The van der Waals surface area contributed by atoms with E-state index in [2.05, 4.69) is 6.92 Å². The molecule has 1 atom stereocenters. The zero-order chi connectivity index (χ0) is 20.6. The van der Waals surface area contributed by atoms with Crippen LogP contribution in [-0.2, 0) is 27.9 Å². The Labute approximate surface area is 168 Å². The minimum absolute atomic E-state index is 0.0769. The van der Waals surface area contributed by atoms with Gasteiger partial charge < -0.3 is 9.08 Å². The molecule has 2 aromatic carbocycles. The van der Waals surface area contributed by atoms with Crippen LogP contribution in [0.5, 0.6) is 5.75 Å². The molecule has 0 saturated carbocycles. The molecule has 0 aliphatic carbocycles. The molecule has 0 spiro atoms. The van der Waals surface area contributed by atoms with Crippen LogP contribution in [0.2, 0.25) is 0 Å². The van der Waals surface area contributed by atoms with E-state index in [-0.39, 0.29) is 23.5 Å². The molecule has 6 heteroatoms. The van der Waals surface area contributed by atoms with Crippen molar-refractivity contribution in [3.63, 3.8) is 0 Å². The van der Waals surface area contributed by atoms with Gasteiger partial charge in [0.1, 0.15) is 5.75 Å². The lowest BCUT2D eigenvalue weighted by atomic mass is 10.1. The molecular formula is C22H29NO4S. The van der Waals surface area contributed by atoms with Gasteiger partial charge in [-0.2, -0.15) is 8.42 Å². The number of aryl methyl sites for hydroxylation is 1. The predicted octanol–water partition coefficient (Wildman–Crippen LogP) is 4.18. The molecule has 28 heavy (non-hydrogen) atoms. The monoisotopic (exact) mass is 403 g/mol. The van der Waals surface area contributed by atoms with E-state index in [9.17, 15) is 13.2 Å². The van der Waals surface area contributed by atoms with E-state index in [0.717, 1.165) is 17.5 Å². The van der Waals surface area contributed by atoms with Gasteiger partial charge in [-0.05, 0) is 49.9 Å². The van der Waals surface area contributed by atoms with Crippen LogP contribution in [0.15, 0.2) is 54.6 Å². The lowest BCUT2D eigenvalue weighted by molar-refractivity contribution is -0.134. The van der Waals surface area contributed by atoms with Crippen LogP contribution >= 0.6 is 0 Å². The van der Waals surface area contributed by atoms with Crippen LogP contribution < -0.4 is 4.18 Å². The Hall–Kier alpha value is -2.34. The van der Waals surface area contributed by atoms with Crippen molar-refractivity contribution in [2.45, 2.75) is 52.6 Å². The molecule has 2 rings (SSSR count). The Balaban J connectivity index is 2.04. The second-order valence-corrected chi connectivity index (χ2v) is 8.70. The molecule has 0 aliphatic rings. The summed E-state index contributed by atoms with van der Waals surface area (Å²) in [5.41, 5.74) is 2.09. The van der Waals surface area contributed by atoms with Gasteiger partial charge in [-0.25, -0.2) is 0 Å². The molecule has 5 nitrogen and oxygen atoms in total. The van der Waals surface area contributed by atoms with Crippen molar-refractivity contribution < 1.29 is 17.4 Å². The summed E-state index contributed by atoms with van der Waals surface area (Å²) in [6.45, 7) is 6.14. The topological polar surface area (TPSA) is 63.7 Å². The van der Waals surface area contributed by atoms with E-state index < -0.39 is 10.1 Å². The minimum atomic E-state index is -3.54. The van der Waals surface area contributed by atoms with Crippen LogP contribution in [0, 0.1) is 0 Å². The third-order valence-electron chi connectivity index (χ3n) is 4.77. The molecule has 0 radical (unpaired) electrons. The van der Waals surface area contributed by atoms with Gasteiger partial charge in [0.25, 0.3) is 0 Å². The Morgan fingerprint density at radius 2 is 1.64 bits per heavy atom. The molecule has 0 saturated heterocycles. The van der Waals surface area contributed by atoms with Gasteiger partial charge in [-0.1, -0.05) is 49.4 Å². The Morgan fingerprint density at radius 3 is 2.21 bits per heavy atom. The number of benzene rings is 2. The number of nitrogens with zero attached hydrogens (tertiary/aromatic N) is 1. The lowest BCUT2D eigenvalue weighted by Crippen LogP contribution is -2.37. The smallest absolute Gasteiger partial charge is 0.308 e. The quantitative estimate of drug-likeness (QED) is 0.559. The summed E-state index contributed by atoms with van der Waals surface area (Å²) in [4.78, 5) is 14.7. The number of rotatable bonds is 10.